The number of piperazine rings is 1. The molecule has 11 nitrogen and oxygen atoms in total. The van der Waals surface area contributed by atoms with Crippen molar-refractivity contribution in [3.05, 3.63) is 40.6 Å². The van der Waals surface area contributed by atoms with Gasteiger partial charge in [0.15, 0.2) is 17.1 Å². The van der Waals surface area contributed by atoms with E-state index >= 15 is 0 Å². The molecule has 0 unspecified atom stereocenters. The Morgan fingerprint density at radius 2 is 1.76 bits per heavy atom. The van der Waals surface area contributed by atoms with Gasteiger partial charge >= 0.3 is 0 Å². The monoisotopic (exact) mass is 456 g/mol. The van der Waals surface area contributed by atoms with Crippen molar-refractivity contribution in [1.29, 1.82) is 0 Å². The molecule has 1 amide bonds. The Kier molecular flexibility index (Phi) is 6.50. The zero-order chi connectivity index (χ0) is 23.5. The van der Waals surface area contributed by atoms with Gasteiger partial charge in [-0.1, -0.05) is 6.07 Å². The van der Waals surface area contributed by atoms with Crippen LogP contribution in [0.3, 0.4) is 0 Å². The molecule has 1 fully saturated rings. The molecule has 11 heteroatoms. The number of fused-ring (bicyclic) bond motifs is 1. The molecular formula is C22H28N6O5. The fraction of sp³-hybridized carbons (Fsp3) is 0.455. The van der Waals surface area contributed by atoms with E-state index in [2.05, 4.69) is 15.0 Å². The van der Waals surface area contributed by atoms with Crippen LogP contribution in [-0.4, -0.2) is 82.5 Å². The molecule has 3 heterocycles. The lowest BCUT2D eigenvalue weighted by molar-refractivity contribution is -0.133. The predicted molar refractivity (Wildman–Crippen MR) is 121 cm³/mol. The maximum absolute atomic E-state index is 12.8. The van der Waals surface area contributed by atoms with Gasteiger partial charge in [-0.25, -0.2) is 4.98 Å². The number of ether oxygens (including phenoxy) is 3. The van der Waals surface area contributed by atoms with Crippen molar-refractivity contribution < 1.29 is 19.0 Å². The summed E-state index contributed by atoms with van der Waals surface area (Å²) in [4.78, 5) is 33.8. The van der Waals surface area contributed by atoms with Gasteiger partial charge in [-0.2, -0.15) is 5.10 Å². The number of aromatic nitrogens is 4. The molecule has 1 aliphatic rings. The Labute approximate surface area is 191 Å². The summed E-state index contributed by atoms with van der Waals surface area (Å²) in [6.07, 6.45) is 2.89. The summed E-state index contributed by atoms with van der Waals surface area (Å²) in [6, 6.07) is 3.83. The minimum absolute atomic E-state index is 0.0415. The van der Waals surface area contributed by atoms with Crippen LogP contribution in [0.15, 0.2) is 29.5 Å². The Morgan fingerprint density at radius 1 is 1.03 bits per heavy atom. The number of nitrogens with zero attached hydrogens (tertiary/aromatic N) is 6. The van der Waals surface area contributed by atoms with Crippen LogP contribution in [0.5, 0.6) is 17.2 Å². The maximum Gasteiger partial charge on any atom is 0.264 e. The van der Waals surface area contributed by atoms with Crippen molar-refractivity contribution in [2.45, 2.75) is 13.1 Å². The molecule has 0 spiro atoms. The highest BCUT2D eigenvalue weighted by atomic mass is 16.5. The van der Waals surface area contributed by atoms with Crippen molar-refractivity contribution in [2.75, 3.05) is 47.5 Å². The number of carbonyl (C=O) groups is 1. The van der Waals surface area contributed by atoms with Crippen LogP contribution < -0.4 is 19.8 Å². The van der Waals surface area contributed by atoms with Gasteiger partial charge in [0, 0.05) is 45.3 Å². The Bertz CT molecular complexity index is 1210. The smallest absolute Gasteiger partial charge is 0.264 e. The molecule has 0 saturated carbocycles. The number of carbonyl (C=O) groups excluding carboxylic acids is 1. The minimum Gasteiger partial charge on any atom is -0.493 e. The molecule has 3 aromatic rings. The first-order valence-electron chi connectivity index (χ1n) is 10.6. The second kappa shape index (κ2) is 9.49. The first-order chi connectivity index (χ1) is 16.0. The van der Waals surface area contributed by atoms with Crippen molar-refractivity contribution >= 4 is 16.9 Å². The van der Waals surface area contributed by atoms with Crippen LogP contribution in [0, 0.1) is 0 Å². The van der Waals surface area contributed by atoms with E-state index < -0.39 is 0 Å². The molecule has 0 radical (unpaired) electrons. The third-order valence-corrected chi connectivity index (χ3v) is 5.93. The standard InChI is InChI=1S/C22H28N6O5/c1-25-21-16(11-24-25)22(30)28(14-23-21)13-18(29)27-9-7-26(8-10-27)12-15-5-6-17(31-2)20(33-4)19(15)32-3/h5-6,11,14H,7-10,12-13H2,1-4H3. The molecular weight excluding hydrogens is 428 g/mol. The summed E-state index contributed by atoms with van der Waals surface area (Å²) in [6.45, 7) is 3.18. The highest BCUT2D eigenvalue weighted by molar-refractivity contribution is 5.77. The summed E-state index contributed by atoms with van der Waals surface area (Å²) in [7, 11) is 6.51. The molecule has 1 saturated heterocycles. The predicted octanol–water partition coefficient (Wildman–Crippen LogP) is 0.500. The van der Waals surface area contributed by atoms with Crippen molar-refractivity contribution in [3.63, 3.8) is 0 Å². The topological polar surface area (TPSA) is 104 Å². The first kappa shape index (κ1) is 22.6. The third-order valence-electron chi connectivity index (χ3n) is 5.93. The van der Waals surface area contributed by atoms with E-state index in [1.807, 2.05) is 12.1 Å². The van der Waals surface area contributed by atoms with Gasteiger partial charge < -0.3 is 19.1 Å². The third kappa shape index (κ3) is 4.36. The van der Waals surface area contributed by atoms with Crippen LogP contribution in [0.1, 0.15) is 5.56 Å². The summed E-state index contributed by atoms with van der Waals surface area (Å²) in [5, 5.41) is 4.46. The van der Waals surface area contributed by atoms with Crippen LogP contribution in [-0.2, 0) is 24.9 Å². The highest BCUT2D eigenvalue weighted by Crippen LogP contribution is 2.40. The molecule has 4 rings (SSSR count). The molecule has 0 N–H and O–H groups in total. The van der Waals surface area contributed by atoms with Crippen molar-refractivity contribution in [1.82, 2.24) is 29.1 Å². The van der Waals surface area contributed by atoms with E-state index in [9.17, 15) is 9.59 Å². The van der Waals surface area contributed by atoms with E-state index in [4.69, 9.17) is 14.2 Å². The Balaban J connectivity index is 1.39. The number of rotatable bonds is 7. The van der Waals surface area contributed by atoms with E-state index in [-0.39, 0.29) is 18.0 Å². The molecule has 2 aromatic heterocycles. The lowest BCUT2D eigenvalue weighted by Gasteiger charge is -2.35. The Morgan fingerprint density at radius 3 is 2.42 bits per heavy atom. The molecule has 0 aliphatic carbocycles. The number of hydrogen-bond acceptors (Lipinski definition) is 8. The normalized spacial score (nSPS) is 14.5. The van der Waals surface area contributed by atoms with Gasteiger partial charge in [0.1, 0.15) is 18.3 Å². The number of hydrogen-bond donors (Lipinski definition) is 0. The molecule has 1 aliphatic heterocycles. The maximum atomic E-state index is 12.8. The van der Waals surface area contributed by atoms with E-state index in [1.165, 1.54) is 21.8 Å². The van der Waals surface area contributed by atoms with Gasteiger partial charge in [0.2, 0.25) is 11.7 Å². The number of benzene rings is 1. The minimum atomic E-state index is -0.263. The van der Waals surface area contributed by atoms with Crippen molar-refractivity contribution in [2.24, 2.45) is 7.05 Å². The fourth-order valence-electron chi connectivity index (χ4n) is 4.11. The molecule has 33 heavy (non-hydrogen) atoms. The van der Waals surface area contributed by atoms with Crippen molar-refractivity contribution in [3.8, 4) is 17.2 Å². The van der Waals surface area contributed by atoms with E-state index in [0.29, 0.717) is 61.0 Å². The molecule has 1 aromatic carbocycles. The average Bonchev–Trinajstić information content (AvgIpc) is 3.22. The number of aryl methyl sites for hydroxylation is 1. The summed E-state index contributed by atoms with van der Waals surface area (Å²) >= 11 is 0. The summed E-state index contributed by atoms with van der Waals surface area (Å²) in [5.74, 6) is 1.72. The zero-order valence-corrected chi connectivity index (χ0v) is 19.3. The van der Waals surface area contributed by atoms with Crippen LogP contribution in [0.2, 0.25) is 0 Å². The van der Waals surface area contributed by atoms with E-state index in [0.717, 1.165) is 5.56 Å². The van der Waals surface area contributed by atoms with Gasteiger partial charge in [0.25, 0.3) is 5.56 Å². The van der Waals surface area contributed by atoms with Gasteiger partial charge in [-0.05, 0) is 6.07 Å². The molecule has 176 valence electrons. The summed E-state index contributed by atoms with van der Waals surface area (Å²) in [5.41, 5.74) is 1.22. The van der Waals surface area contributed by atoms with Crippen LogP contribution in [0.25, 0.3) is 11.0 Å². The zero-order valence-electron chi connectivity index (χ0n) is 19.3. The lowest BCUT2D eigenvalue weighted by Crippen LogP contribution is -2.49. The second-order valence-corrected chi connectivity index (χ2v) is 7.83. The number of methoxy groups -OCH3 is 3. The fourth-order valence-corrected chi connectivity index (χ4v) is 4.11. The molecule has 0 atom stereocenters. The van der Waals surface area contributed by atoms with E-state index in [1.54, 1.807) is 33.3 Å². The largest absolute Gasteiger partial charge is 0.493 e. The van der Waals surface area contributed by atoms with Crippen LogP contribution in [0.4, 0.5) is 0 Å². The summed E-state index contributed by atoms with van der Waals surface area (Å²) < 4.78 is 19.3. The average molecular weight is 457 g/mol. The Hall–Kier alpha value is -3.60. The van der Waals surface area contributed by atoms with Gasteiger partial charge in [-0.3, -0.25) is 23.7 Å². The lowest BCUT2D eigenvalue weighted by atomic mass is 10.1. The quantitative estimate of drug-likeness (QED) is 0.506. The SMILES string of the molecule is COc1ccc(CN2CCN(C(=O)Cn3cnc4c(cnn4C)c3=O)CC2)c(OC)c1OC. The van der Waals surface area contributed by atoms with Gasteiger partial charge in [0.05, 0.1) is 27.5 Å². The van der Waals surface area contributed by atoms with Crippen LogP contribution >= 0.6 is 0 Å². The second-order valence-electron chi connectivity index (χ2n) is 7.83. The van der Waals surface area contributed by atoms with Gasteiger partial charge in [-0.15, -0.1) is 0 Å². The number of amides is 1. The molecule has 0 bridgehead atoms. The first-order valence-corrected chi connectivity index (χ1v) is 10.6. The highest BCUT2D eigenvalue weighted by Gasteiger charge is 2.24.